The summed E-state index contributed by atoms with van der Waals surface area (Å²) in [5.41, 5.74) is 1.30. The standard InChI is InChI=1S/C30H33NO4/c1-22-20-26(31(27(22)32)28(33)35-29(2,3)4)21-34-30(23-14-8-5-9-15-23,24-16-10-6-11-17-24)25-18-12-7-13-19-25/h5-19,22,26H,20-21H2,1-4H3/t22-,26+/m1/s1. The summed E-state index contributed by atoms with van der Waals surface area (Å²) in [5, 5.41) is 0. The van der Waals surface area contributed by atoms with Crippen molar-refractivity contribution in [2.24, 2.45) is 5.92 Å². The van der Waals surface area contributed by atoms with E-state index in [1.807, 2.05) is 97.9 Å². The topological polar surface area (TPSA) is 55.8 Å². The van der Waals surface area contributed by atoms with E-state index in [1.165, 1.54) is 4.90 Å². The van der Waals surface area contributed by atoms with Gasteiger partial charge in [0.1, 0.15) is 11.2 Å². The summed E-state index contributed by atoms with van der Waals surface area (Å²) in [7, 11) is 0. The Morgan fingerprint density at radius 2 is 1.26 bits per heavy atom. The van der Waals surface area contributed by atoms with Crippen molar-refractivity contribution in [3.8, 4) is 0 Å². The van der Waals surface area contributed by atoms with Gasteiger partial charge < -0.3 is 9.47 Å². The maximum atomic E-state index is 13.0. The SMILES string of the molecule is C[C@@H]1C[C@@H](COC(c2ccccc2)(c2ccccc2)c2ccccc2)N(C(=O)OC(C)(C)C)C1=O. The number of hydrogen-bond acceptors (Lipinski definition) is 4. The molecule has 0 N–H and O–H groups in total. The van der Waals surface area contributed by atoms with Gasteiger partial charge in [-0.25, -0.2) is 9.69 Å². The lowest BCUT2D eigenvalue weighted by Crippen LogP contribution is -2.46. The highest BCUT2D eigenvalue weighted by Gasteiger charge is 2.45. The molecule has 0 bridgehead atoms. The molecule has 0 radical (unpaired) electrons. The van der Waals surface area contributed by atoms with Crippen LogP contribution in [0.25, 0.3) is 0 Å². The van der Waals surface area contributed by atoms with E-state index in [4.69, 9.17) is 9.47 Å². The van der Waals surface area contributed by atoms with Crippen molar-refractivity contribution in [3.05, 3.63) is 108 Å². The van der Waals surface area contributed by atoms with Gasteiger partial charge in [0.15, 0.2) is 0 Å². The number of amides is 2. The number of carbonyl (C=O) groups excluding carboxylic acids is 2. The molecule has 4 rings (SSSR count). The Hall–Kier alpha value is -3.44. The summed E-state index contributed by atoms with van der Waals surface area (Å²) in [5.74, 6) is -0.506. The van der Waals surface area contributed by atoms with Crippen molar-refractivity contribution in [3.63, 3.8) is 0 Å². The molecule has 5 nitrogen and oxygen atoms in total. The lowest BCUT2D eigenvalue weighted by molar-refractivity contribution is -0.132. The van der Waals surface area contributed by atoms with Crippen LogP contribution >= 0.6 is 0 Å². The van der Waals surface area contributed by atoms with Gasteiger partial charge in [-0.05, 0) is 43.9 Å². The van der Waals surface area contributed by atoms with E-state index in [2.05, 4.69) is 0 Å². The maximum Gasteiger partial charge on any atom is 0.417 e. The highest BCUT2D eigenvalue weighted by molar-refractivity contribution is 5.95. The van der Waals surface area contributed by atoms with Crippen LogP contribution in [0.15, 0.2) is 91.0 Å². The molecular weight excluding hydrogens is 438 g/mol. The molecule has 0 aromatic heterocycles. The van der Waals surface area contributed by atoms with Crippen LogP contribution in [-0.2, 0) is 19.9 Å². The fourth-order valence-corrected chi connectivity index (χ4v) is 4.71. The van der Waals surface area contributed by atoms with Gasteiger partial charge in [-0.3, -0.25) is 4.79 Å². The number of hydrogen-bond donors (Lipinski definition) is 0. The van der Waals surface area contributed by atoms with Crippen LogP contribution in [0.2, 0.25) is 0 Å². The molecule has 182 valence electrons. The van der Waals surface area contributed by atoms with Crippen LogP contribution in [-0.4, -0.2) is 35.2 Å². The summed E-state index contributed by atoms with van der Waals surface area (Å²) in [4.78, 5) is 27.2. The molecule has 1 saturated heterocycles. The monoisotopic (exact) mass is 471 g/mol. The van der Waals surface area contributed by atoms with E-state index >= 15 is 0 Å². The molecule has 1 aliphatic rings. The Kier molecular flexibility index (Phi) is 7.08. The van der Waals surface area contributed by atoms with Gasteiger partial charge in [-0.15, -0.1) is 0 Å². The van der Waals surface area contributed by atoms with Crippen LogP contribution in [0.1, 0.15) is 50.8 Å². The molecule has 1 heterocycles. The minimum absolute atomic E-state index is 0.175. The lowest BCUT2D eigenvalue weighted by Gasteiger charge is -2.37. The van der Waals surface area contributed by atoms with Gasteiger partial charge in [-0.2, -0.15) is 0 Å². The van der Waals surface area contributed by atoms with E-state index in [9.17, 15) is 9.59 Å². The van der Waals surface area contributed by atoms with E-state index in [-0.39, 0.29) is 18.4 Å². The van der Waals surface area contributed by atoms with Crippen LogP contribution < -0.4 is 0 Å². The molecule has 5 heteroatoms. The Bertz CT molecular complexity index is 1040. The highest BCUT2D eigenvalue weighted by atomic mass is 16.6. The first-order valence-corrected chi connectivity index (χ1v) is 12.1. The van der Waals surface area contributed by atoms with Crippen molar-refractivity contribution >= 4 is 12.0 Å². The number of ether oxygens (including phenoxy) is 2. The number of imide groups is 1. The minimum atomic E-state index is -0.918. The molecule has 3 aromatic rings. The zero-order valence-electron chi connectivity index (χ0n) is 20.8. The molecule has 2 amide bonds. The second-order valence-electron chi connectivity index (χ2n) is 10.1. The Morgan fingerprint density at radius 3 is 1.66 bits per heavy atom. The van der Waals surface area contributed by atoms with Crippen molar-refractivity contribution in [1.29, 1.82) is 0 Å². The Morgan fingerprint density at radius 1 is 0.829 bits per heavy atom. The van der Waals surface area contributed by atoms with Crippen molar-refractivity contribution in [1.82, 2.24) is 4.90 Å². The van der Waals surface area contributed by atoms with Crippen molar-refractivity contribution in [2.75, 3.05) is 6.61 Å². The fraction of sp³-hybridized carbons (Fsp3) is 0.333. The number of nitrogens with zero attached hydrogens (tertiary/aromatic N) is 1. The molecule has 0 unspecified atom stereocenters. The van der Waals surface area contributed by atoms with Gasteiger partial charge >= 0.3 is 6.09 Å². The number of carbonyl (C=O) groups is 2. The summed E-state index contributed by atoms with van der Waals surface area (Å²) in [6.45, 7) is 7.41. The second-order valence-corrected chi connectivity index (χ2v) is 10.1. The largest absolute Gasteiger partial charge is 0.443 e. The van der Waals surface area contributed by atoms with E-state index in [0.29, 0.717) is 6.42 Å². The fourth-order valence-electron chi connectivity index (χ4n) is 4.71. The highest BCUT2D eigenvalue weighted by Crippen LogP contribution is 2.41. The third kappa shape index (κ3) is 5.15. The third-order valence-corrected chi connectivity index (χ3v) is 6.27. The predicted molar refractivity (Wildman–Crippen MR) is 136 cm³/mol. The van der Waals surface area contributed by atoms with Crippen LogP contribution in [0, 0.1) is 5.92 Å². The Balaban J connectivity index is 1.76. The molecule has 1 aliphatic heterocycles. The summed E-state index contributed by atoms with van der Waals surface area (Å²) < 4.78 is 12.4. The zero-order valence-corrected chi connectivity index (χ0v) is 20.8. The van der Waals surface area contributed by atoms with Crippen LogP contribution in [0.5, 0.6) is 0 Å². The van der Waals surface area contributed by atoms with E-state index in [1.54, 1.807) is 20.8 Å². The smallest absolute Gasteiger partial charge is 0.417 e. The molecule has 35 heavy (non-hydrogen) atoms. The molecule has 3 aromatic carbocycles. The van der Waals surface area contributed by atoms with Gasteiger partial charge in [-0.1, -0.05) is 97.9 Å². The normalized spacial score (nSPS) is 18.5. The Labute approximate surface area is 207 Å². The quantitative estimate of drug-likeness (QED) is 0.404. The van der Waals surface area contributed by atoms with Crippen LogP contribution in [0.3, 0.4) is 0 Å². The molecule has 0 aliphatic carbocycles. The second kappa shape index (κ2) is 10.0. The summed E-state index contributed by atoms with van der Waals surface area (Å²) >= 11 is 0. The molecule has 0 saturated carbocycles. The summed E-state index contributed by atoms with van der Waals surface area (Å²) in [6.07, 6.45) is -0.0998. The molecule has 1 fully saturated rings. The van der Waals surface area contributed by atoms with Gasteiger partial charge in [0.25, 0.3) is 0 Å². The number of benzene rings is 3. The van der Waals surface area contributed by atoms with Gasteiger partial charge in [0.2, 0.25) is 5.91 Å². The van der Waals surface area contributed by atoms with E-state index in [0.717, 1.165) is 16.7 Å². The average Bonchev–Trinajstić information content (AvgIpc) is 3.14. The number of rotatable bonds is 6. The maximum absolute atomic E-state index is 13.0. The van der Waals surface area contributed by atoms with Crippen LogP contribution in [0.4, 0.5) is 4.79 Å². The summed E-state index contributed by atoms with van der Waals surface area (Å²) in [6, 6.07) is 29.8. The molecule has 0 spiro atoms. The van der Waals surface area contributed by atoms with E-state index < -0.39 is 23.3 Å². The van der Waals surface area contributed by atoms with Crippen molar-refractivity contribution in [2.45, 2.75) is 51.4 Å². The minimum Gasteiger partial charge on any atom is -0.443 e. The van der Waals surface area contributed by atoms with Gasteiger partial charge in [0.05, 0.1) is 12.6 Å². The first-order valence-electron chi connectivity index (χ1n) is 12.1. The predicted octanol–water partition coefficient (Wildman–Crippen LogP) is 6.17. The molecular formula is C30H33NO4. The first kappa shape index (κ1) is 24.7. The average molecular weight is 472 g/mol. The van der Waals surface area contributed by atoms with Crippen molar-refractivity contribution < 1.29 is 19.1 Å². The first-order chi connectivity index (χ1) is 16.7. The number of likely N-dealkylation sites (tertiary alicyclic amines) is 1. The van der Waals surface area contributed by atoms with Gasteiger partial charge in [0, 0.05) is 5.92 Å². The third-order valence-electron chi connectivity index (χ3n) is 6.27. The zero-order chi connectivity index (χ0) is 25.1. The molecule has 2 atom stereocenters. The lowest BCUT2D eigenvalue weighted by atomic mass is 9.80.